The molecule has 1 rings (SSSR count). The average Bonchev–Trinajstić information content (AvgIpc) is 2.16. The molecule has 0 saturated carbocycles. The molecule has 0 radical (unpaired) electrons. The molecule has 1 saturated heterocycles. The quantitative estimate of drug-likeness (QED) is 0.741. The van der Waals surface area contributed by atoms with Gasteiger partial charge in [0.1, 0.15) is 0 Å². The van der Waals surface area contributed by atoms with Crippen molar-refractivity contribution in [3.05, 3.63) is 0 Å². The molecular formula is C9H21N3O2S. The van der Waals surface area contributed by atoms with Gasteiger partial charge < -0.3 is 5.32 Å². The molecule has 1 aliphatic rings. The second-order valence-electron chi connectivity index (χ2n) is 4.28. The highest BCUT2D eigenvalue weighted by atomic mass is 32.2. The standard InChI is InChI=1S/C9H21N3O2S/c1-8(2)11(4)15(13,14)12-6-5-10-7-9(12)3/h8-10H,5-7H2,1-4H3. The van der Waals surface area contributed by atoms with E-state index in [0.29, 0.717) is 6.54 Å². The summed E-state index contributed by atoms with van der Waals surface area (Å²) in [6.07, 6.45) is 0. The van der Waals surface area contributed by atoms with E-state index in [1.54, 1.807) is 11.4 Å². The molecule has 0 aromatic carbocycles. The summed E-state index contributed by atoms with van der Waals surface area (Å²) in [4.78, 5) is 0. The Hall–Kier alpha value is -0.170. The molecule has 1 N–H and O–H groups in total. The monoisotopic (exact) mass is 235 g/mol. The Morgan fingerprint density at radius 3 is 2.53 bits per heavy atom. The van der Waals surface area contributed by atoms with E-state index >= 15 is 0 Å². The highest BCUT2D eigenvalue weighted by Crippen LogP contribution is 2.14. The van der Waals surface area contributed by atoms with Crippen LogP contribution in [0.4, 0.5) is 0 Å². The molecule has 1 aliphatic heterocycles. The van der Waals surface area contributed by atoms with Crippen molar-refractivity contribution in [1.29, 1.82) is 0 Å². The molecule has 1 atom stereocenters. The Kier molecular flexibility index (Phi) is 4.11. The minimum atomic E-state index is -3.28. The lowest BCUT2D eigenvalue weighted by molar-refractivity contribution is 0.256. The number of hydrogen-bond donors (Lipinski definition) is 1. The maximum atomic E-state index is 12.2. The number of rotatable bonds is 3. The van der Waals surface area contributed by atoms with Crippen molar-refractivity contribution in [2.24, 2.45) is 0 Å². The maximum absolute atomic E-state index is 12.2. The van der Waals surface area contributed by atoms with Crippen LogP contribution >= 0.6 is 0 Å². The summed E-state index contributed by atoms with van der Waals surface area (Å²) in [6, 6.07) is 0.0297. The van der Waals surface area contributed by atoms with Crippen molar-refractivity contribution in [2.75, 3.05) is 26.7 Å². The summed E-state index contributed by atoms with van der Waals surface area (Å²) in [6.45, 7) is 7.70. The van der Waals surface area contributed by atoms with Gasteiger partial charge in [-0.1, -0.05) is 0 Å². The Morgan fingerprint density at radius 2 is 2.07 bits per heavy atom. The lowest BCUT2D eigenvalue weighted by Crippen LogP contribution is -2.56. The van der Waals surface area contributed by atoms with E-state index in [9.17, 15) is 8.42 Å². The number of piperazine rings is 1. The molecule has 0 spiro atoms. The fourth-order valence-electron chi connectivity index (χ4n) is 1.60. The van der Waals surface area contributed by atoms with Gasteiger partial charge in [-0.3, -0.25) is 0 Å². The lowest BCUT2D eigenvalue weighted by Gasteiger charge is -2.36. The van der Waals surface area contributed by atoms with E-state index in [1.165, 1.54) is 4.31 Å². The third-order valence-electron chi connectivity index (χ3n) is 2.83. The number of nitrogens with one attached hydrogen (secondary N) is 1. The summed E-state index contributed by atoms with van der Waals surface area (Å²) >= 11 is 0. The Morgan fingerprint density at radius 1 is 1.47 bits per heavy atom. The van der Waals surface area contributed by atoms with Crippen LogP contribution in [0.25, 0.3) is 0 Å². The van der Waals surface area contributed by atoms with Crippen LogP contribution in [-0.4, -0.2) is 55.8 Å². The van der Waals surface area contributed by atoms with Crippen LogP contribution in [0.3, 0.4) is 0 Å². The first kappa shape index (κ1) is 12.9. The molecule has 1 unspecified atom stereocenters. The molecule has 0 aromatic rings. The molecular weight excluding hydrogens is 214 g/mol. The first-order valence-electron chi connectivity index (χ1n) is 5.33. The molecule has 15 heavy (non-hydrogen) atoms. The highest BCUT2D eigenvalue weighted by molar-refractivity contribution is 7.86. The number of nitrogens with zero attached hydrogens (tertiary/aromatic N) is 2. The molecule has 0 aliphatic carbocycles. The second-order valence-corrected chi connectivity index (χ2v) is 6.22. The Labute approximate surface area is 92.6 Å². The van der Waals surface area contributed by atoms with Crippen LogP contribution in [-0.2, 0) is 10.2 Å². The molecule has 90 valence electrons. The van der Waals surface area contributed by atoms with Gasteiger partial charge >= 0.3 is 0 Å². The van der Waals surface area contributed by atoms with Crippen molar-refractivity contribution in [3.8, 4) is 0 Å². The van der Waals surface area contributed by atoms with E-state index in [0.717, 1.165) is 13.1 Å². The van der Waals surface area contributed by atoms with Gasteiger partial charge in [0.2, 0.25) is 0 Å². The molecule has 6 heteroatoms. The summed E-state index contributed by atoms with van der Waals surface area (Å²) in [5.41, 5.74) is 0. The van der Waals surface area contributed by atoms with Gasteiger partial charge in [-0.05, 0) is 20.8 Å². The first-order chi connectivity index (χ1) is 6.87. The zero-order valence-corrected chi connectivity index (χ0v) is 10.7. The van der Waals surface area contributed by atoms with Crippen LogP contribution in [0.2, 0.25) is 0 Å². The van der Waals surface area contributed by atoms with Gasteiger partial charge in [0.25, 0.3) is 10.2 Å². The van der Waals surface area contributed by atoms with Crippen LogP contribution < -0.4 is 5.32 Å². The van der Waals surface area contributed by atoms with Gasteiger partial charge in [0.05, 0.1) is 0 Å². The molecule has 1 fully saturated rings. The average molecular weight is 235 g/mol. The topological polar surface area (TPSA) is 52.7 Å². The first-order valence-corrected chi connectivity index (χ1v) is 6.72. The zero-order chi connectivity index (χ0) is 11.6. The summed E-state index contributed by atoms with van der Waals surface area (Å²) in [5, 5.41) is 3.18. The van der Waals surface area contributed by atoms with E-state index in [-0.39, 0.29) is 12.1 Å². The van der Waals surface area contributed by atoms with Crippen LogP contribution in [0.1, 0.15) is 20.8 Å². The van der Waals surface area contributed by atoms with Gasteiger partial charge in [0, 0.05) is 38.8 Å². The van der Waals surface area contributed by atoms with Crippen molar-refractivity contribution in [2.45, 2.75) is 32.9 Å². The molecule has 5 nitrogen and oxygen atoms in total. The van der Waals surface area contributed by atoms with E-state index in [2.05, 4.69) is 5.32 Å². The predicted molar refractivity (Wildman–Crippen MR) is 60.9 cm³/mol. The smallest absolute Gasteiger partial charge is 0.282 e. The molecule has 0 amide bonds. The SMILES string of the molecule is CC(C)N(C)S(=O)(=O)N1CCNCC1C. The van der Waals surface area contributed by atoms with Crippen molar-refractivity contribution in [3.63, 3.8) is 0 Å². The Balaban J connectivity index is 2.84. The summed E-state index contributed by atoms with van der Waals surface area (Å²) < 4.78 is 27.3. The predicted octanol–water partition coefficient (Wildman–Crippen LogP) is -0.135. The number of hydrogen-bond acceptors (Lipinski definition) is 3. The minimum Gasteiger partial charge on any atom is -0.314 e. The Bertz CT molecular complexity index is 302. The third kappa shape index (κ3) is 2.69. The third-order valence-corrected chi connectivity index (χ3v) is 5.11. The van der Waals surface area contributed by atoms with Crippen LogP contribution in [0, 0.1) is 0 Å². The van der Waals surface area contributed by atoms with Crippen molar-refractivity contribution in [1.82, 2.24) is 13.9 Å². The fraction of sp³-hybridized carbons (Fsp3) is 1.00. The molecule has 0 aromatic heterocycles. The summed E-state index contributed by atoms with van der Waals surface area (Å²) in [5.74, 6) is 0. The van der Waals surface area contributed by atoms with E-state index in [1.807, 2.05) is 20.8 Å². The highest BCUT2D eigenvalue weighted by Gasteiger charge is 2.33. The second kappa shape index (κ2) is 4.78. The molecule has 1 heterocycles. The van der Waals surface area contributed by atoms with E-state index in [4.69, 9.17) is 0 Å². The van der Waals surface area contributed by atoms with Crippen molar-refractivity contribution >= 4 is 10.2 Å². The van der Waals surface area contributed by atoms with Gasteiger partial charge in [-0.15, -0.1) is 0 Å². The van der Waals surface area contributed by atoms with Gasteiger partial charge in [-0.25, -0.2) is 0 Å². The molecule has 0 bridgehead atoms. The van der Waals surface area contributed by atoms with Gasteiger partial charge in [-0.2, -0.15) is 17.0 Å². The fourth-order valence-corrected chi connectivity index (χ4v) is 3.31. The minimum absolute atomic E-state index is 0.00270. The van der Waals surface area contributed by atoms with Gasteiger partial charge in [0.15, 0.2) is 0 Å². The normalized spacial score (nSPS) is 25.1. The maximum Gasteiger partial charge on any atom is 0.282 e. The largest absolute Gasteiger partial charge is 0.314 e. The zero-order valence-electron chi connectivity index (χ0n) is 9.90. The summed E-state index contributed by atoms with van der Waals surface area (Å²) in [7, 11) is -1.65. The van der Waals surface area contributed by atoms with Crippen LogP contribution in [0.15, 0.2) is 0 Å². The lowest BCUT2D eigenvalue weighted by atomic mass is 10.3. The van der Waals surface area contributed by atoms with Crippen molar-refractivity contribution < 1.29 is 8.42 Å². The van der Waals surface area contributed by atoms with E-state index < -0.39 is 10.2 Å². The van der Waals surface area contributed by atoms with Crippen LogP contribution in [0.5, 0.6) is 0 Å².